The molecular weight excluding hydrogens is 224 g/mol. The zero-order chi connectivity index (χ0) is 13.2. The van der Waals surface area contributed by atoms with Crippen LogP contribution in [0, 0.1) is 0 Å². The van der Waals surface area contributed by atoms with Crippen LogP contribution in [0.15, 0.2) is 36.9 Å². The smallest absolute Gasteiger partial charge is 0.119 e. The minimum Gasteiger partial charge on any atom is -0.497 e. The lowest BCUT2D eigenvalue weighted by Gasteiger charge is -2.16. The molecule has 0 fully saturated rings. The second-order valence-corrected chi connectivity index (χ2v) is 4.42. The lowest BCUT2D eigenvalue weighted by Crippen LogP contribution is -2.27. The van der Waals surface area contributed by atoms with Gasteiger partial charge in [-0.1, -0.05) is 31.1 Å². The number of ether oxygens (including phenoxy) is 1. The number of hydrazine groups is 1. The van der Waals surface area contributed by atoms with Crippen molar-refractivity contribution in [2.45, 2.75) is 38.1 Å². The van der Waals surface area contributed by atoms with Gasteiger partial charge in [0.25, 0.3) is 0 Å². The largest absolute Gasteiger partial charge is 0.497 e. The van der Waals surface area contributed by atoms with E-state index in [1.54, 1.807) is 7.11 Å². The van der Waals surface area contributed by atoms with Gasteiger partial charge in [-0.2, -0.15) is 0 Å². The highest BCUT2D eigenvalue weighted by Crippen LogP contribution is 2.23. The predicted octanol–water partition coefficient (Wildman–Crippen LogP) is 3.34. The van der Waals surface area contributed by atoms with Crippen LogP contribution < -0.4 is 16.0 Å². The highest BCUT2D eigenvalue weighted by Gasteiger charge is 2.09. The van der Waals surface area contributed by atoms with Crippen molar-refractivity contribution in [3.63, 3.8) is 0 Å². The van der Waals surface area contributed by atoms with Gasteiger partial charge in [0.2, 0.25) is 0 Å². The summed E-state index contributed by atoms with van der Waals surface area (Å²) in [6.45, 7) is 3.73. The maximum absolute atomic E-state index is 5.63. The molecule has 0 amide bonds. The number of unbranched alkanes of at least 4 members (excludes halogenated alkanes) is 3. The van der Waals surface area contributed by atoms with Gasteiger partial charge in [0.15, 0.2) is 0 Å². The van der Waals surface area contributed by atoms with Gasteiger partial charge in [0.1, 0.15) is 5.75 Å². The molecule has 1 unspecified atom stereocenters. The van der Waals surface area contributed by atoms with E-state index in [2.05, 4.69) is 18.1 Å². The number of hydrogen-bond acceptors (Lipinski definition) is 3. The molecule has 100 valence electrons. The number of benzene rings is 1. The third-order valence-electron chi connectivity index (χ3n) is 3.10. The van der Waals surface area contributed by atoms with E-state index in [-0.39, 0.29) is 6.04 Å². The molecule has 3 heteroatoms. The van der Waals surface area contributed by atoms with Crippen molar-refractivity contribution >= 4 is 0 Å². The minimum atomic E-state index is 0.198. The summed E-state index contributed by atoms with van der Waals surface area (Å²) < 4.78 is 5.23. The van der Waals surface area contributed by atoms with E-state index in [0.717, 1.165) is 18.6 Å². The Labute approximate surface area is 110 Å². The molecule has 1 aromatic rings. The quantitative estimate of drug-likeness (QED) is 0.305. The highest BCUT2D eigenvalue weighted by atomic mass is 16.5. The first-order valence-electron chi connectivity index (χ1n) is 6.52. The van der Waals surface area contributed by atoms with Gasteiger partial charge in [0.05, 0.1) is 7.11 Å². The zero-order valence-corrected chi connectivity index (χ0v) is 11.2. The van der Waals surface area contributed by atoms with E-state index in [1.165, 1.54) is 24.8 Å². The fourth-order valence-electron chi connectivity index (χ4n) is 2.02. The van der Waals surface area contributed by atoms with Crippen LogP contribution >= 0.6 is 0 Å². The Bertz CT molecular complexity index is 352. The summed E-state index contributed by atoms with van der Waals surface area (Å²) in [6, 6.07) is 8.26. The summed E-state index contributed by atoms with van der Waals surface area (Å²) in [5.74, 6) is 6.50. The molecule has 1 rings (SSSR count). The molecule has 0 aromatic heterocycles. The van der Waals surface area contributed by atoms with Crippen molar-refractivity contribution in [1.82, 2.24) is 5.43 Å². The monoisotopic (exact) mass is 248 g/mol. The van der Waals surface area contributed by atoms with Gasteiger partial charge < -0.3 is 4.74 Å². The van der Waals surface area contributed by atoms with Crippen LogP contribution in [0.3, 0.4) is 0 Å². The third kappa shape index (κ3) is 4.90. The molecule has 0 aliphatic rings. The molecule has 0 bridgehead atoms. The van der Waals surface area contributed by atoms with Crippen LogP contribution in [-0.2, 0) is 0 Å². The maximum atomic E-state index is 5.63. The molecular formula is C15H24N2O. The second-order valence-electron chi connectivity index (χ2n) is 4.42. The van der Waals surface area contributed by atoms with Crippen molar-refractivity contribution in [2.24, 2.45) is 5.84 Å². The molecule has 0 heterocycles. The molecule has 18 heavy (non-hydrogen) atoms. The summed E-state index contributed by atoms with van der Waals surface area (Å²) in [7, 11) is 1.68. The summed E-state index contributed by atoms with van der Waals surface area (Å²) in [4.78, 5) is 0. The number of hydrogen-bond donors (Lipinski definition) is 2. The molecule has 0 saturated carbocycles. The first kappa shape index (κ1) is 14.7. The summed E-state index contributed by atoms with van der Waals surface area (Å²) >= 11 is 0. The number of nitrogens with one attached hydrogen (secondary N) is 1. The van der Waals surface area contributed by atoms with Crippen molar-refractivity contribution in [2.75, 3.05) is 7.11 Å². The molecule has 3 N–H and O–H groups in total. The Balaban J connectivity index is 2.46. The number of nitrogens with two attached hydrogens (primary N) is 1. The van der Waals surface area contributed by atoms with E-state index in [0.29, 0.717) is 0 Å². The first-order valence-corrected chi connectivity index (χ1v) is 6.52. The highest BCUT2D eigenvalue weighted by molar-refractivity contribution is 5.30. The average Bonchev–Trinajstić information content (AvgIpc) is 2.43. The predicted molar refractivity (Wildman–Crippen MR) is 76.3 cm³/mol. The Morgan fingerprint density at radius 3 is 2.89 bits per heavy atom. The van der Waals surface area contributed by atoms with Gasteiger partial charge in [-0.25, -0.2) is 0 Å². The molecule has 0 aliphatic heterocycles. The van der Waals surface area contributed by atoms with Crippen LogP contribution in [0.4, 0.5) is 0 Å². The van der Waals surface area contributed by atoms with Gasteiger partial charge in [-0.05, 0) is 37.0 Å². The van der Waals surface area contributed by atoms with Crippen LogP contribution in [0.5, 0.6) is 5.75 Å². The molecule has 0 spiro atoms. The summed E-state index contributed by atoms with van der Waals surface area (Å²) in [5, 5.41) is 0. The minimum absolute atomic E-state index is 0.198. The SMILES string of the molecule is C=CCCCCCC(NN)c1cccc(OC)c1. The van der Waals surface area contributed by atoms with Crippen LogP contribution in [-0.4, -0.2) is 7.11 Å². The second kappa shape index (κ2) is 8.72. The topological polar surface area (TPSA) is 47.3 Å². The van der Waals surface area contributed by atoms with E-state index < -0.39 is 0 Å². The molecule has 0 saturated heterocycles. The molecule has 1 atom stereocenters. The number of allylic oxidation sites excluding steroid dienone is 1. The number of rotatable bonds is 9. The van der Waals surface area contributed by atoms with Crippen molar-refractivity contribution in [3.05, 3.63) is 42.5 Å². The fraction of sp³-hybridized carbons (Fsp3) is 0.467. The number of methoxy groups -OCH3 is 1. The van der Waals surface area contributed by atoms with Crippen LogP contribution in [0.2, 0.25) is 0 Å². The third-order valence-corrected chi connectivity index (χ3v) is 3.10. The average molecular weight is 248 g/mol. The molecule has 3 nitrogen and oxygen atoms in total. The van der Waals surface area contributed by atoms with Gasteiger partial charge in [-0.15, -0.1) is 6.58 Å². The van der Waals surface area contributed by atoms with Crippen molar-refractivity contribution in [1.29, 1.82) is 0 Å². The normalized spacial score (nSPS) is 12.1. The molecule has 0 aliphatic carbocycles. The summed E-state index contributed by atoms with van der Waals surface area (Å²) in [5.41, 5.74) is 4.07. The first-order chi connectivity index (χ1) is 8.81. The van der Waals surface area contributed by atoms with Gasteiger partial charge in [0, 0.05) is 6.04 Å². The lowest BCUT2D eigenvalue weighted by molar-refractivity contribution is 0.412. The maximum Gasteiger partial charge on any atom is 0.119 e. The van der Waals surface area contributed by atoms with E-state index in [1.807, 2.05) is 24.3 Å². The lowest BCUT2D eigenvalue weighted by atomic mass is 10.0. The molecule has 1 aromatic carbocycles. The zero-order valence-electron chi connectivity index (χ0n) is 11.2. The van der Waals surface area contributed by atoms with Crippen molar-refractivity contribution < 1.29 is 4.74 Å². The summed E-state index contributed by atoms with van der Waals surface area (Å²) in [6.07, 6.45) is 7.70. The van der Waals surface area contributed by atoms with Crippen molar-refractivity contribution in [3.8, 4) is 5.75 Å². The van der Waals surface area contributed by atoms with E-state index >= 15 is 0 Å². The Morgan fingerprint density at radius 2 is 2.22 bits per heavy atom. The molecule has 0 radical (unpaired) electrons. The Morgan fingerprint density at radius 1 is 1.39 bits per heavy atom. The van der Waals surface area contributed by atoms with Gasteiger partial charge >= 0.3 is 0 Å². The Hall–Kier alpha value is -1.32. The van der Waals surface area contributed by atoms with E-state index in [9.17, 15) is 0 Å². The van der Waals surface area contributed by atoms with Crippen LogP contribution in [0.25, 0.3) is 0 Å². The van der Waals surface area contributed by atoms with E-state index in [4.69, 9.17) is 10.6 Å². The standard InChI is InChI=1S/C15H24N2O/c1-3-4-5-6-7-11-15(17-16)13-9-8-10-14(12-13)18-2/h3,8-10,12,15,17H,1,4-7,11,16H2,2H3. The van der Waals surface area contributed by atoms with Crippen LogP contribution in [0.1, 0.15) is 43.7 Å². The fourth-order valence-corrected chi connectivity index (χ4v) is 2.02. The van der Waals surface area contributed by atoms with Gasteiger partial charge in [-0.3, -0.25) is 11.3 Å². The Kier molecular flexibility index (Phi) is 7.14.